The Kier molecular flexibility index (Phi) is 6.38. The van der Waals surface area contributed by atoms with Crippen LogP contribution in [-0.4, -0.2) is 63.7 Å². The van der Waals surface area contributed by atoms with Gasteiger partial charge >= 0.3 is 0 Å². The molecule has 9 nitrogen and oxygen atoms in total. The third kappa shape index (κ3) is 5.60. The maximum Gasteiger partial charge on any atom is 0.241 e. The highest BCUT2D eigenvalue weighted by Crippen LogP contribution is 2.23. The van der Waals surface area contributed by atoms with Crippen molar-refractivity contribution in [2.75, 3.05) is 38.0 Å². The van der Waals surface area contributed by atoms with Crippen molar-refractivity contribution in [1.82, 2.24) is 25.1 Å². The lowest BCUT2D eigenvalue weighted by molar-refractivity contribution is -0.117. The zero-order valence-electron chi connectivity index (χ0n) is 19.1. The topological polar surface area (TPSA) is 101 Å². The number of nitrogens with zero attached hydrogens (tertiary/aromatic N) is 5. The van der Waals surface area contributed by atoms with Gasteiger partial charge in [-0.05, 0) is 6.92 Å². The Hall–Kier alpha value is -3.04. The number of anilines is 1. The summed E-state index contributed by atoms with van der Waals surface area (Å²) in [5, 5.41) is 10.9. The van der Waals surface area contributed by atoms with E-state index >= 15 is 0 Å². The molecule has 1 aromatic carbocycles. The van der Waals surface area contributed by atoms with Gasteiger partial charge in [0.25, 0.3) is 0 Å². The van der Waals surface area contributed by atoms with Crippen molar-refractivity contribution >= 4 is 11.8 Å². The van der Waals surface area contributed by atoms with Gasteiger partial charge in [-0.2, -0.15) is 4.98 Å². The Balaban J connectivity index is 1.23. The van der Waals surface area contributed by atoms with Crippen molar-refractivity contribution < 1.29 is 13.8 Å². The van der Waals surface area contributed by atoms with E-state index in [1.54, 1.807) is 6.07 Å². The van der Waals surface area contributed by atoms with E-state index in [4.69, 9.17) is 9.05 Å². The number of aromatic nitrogens is 3. The number of amides is 1. The number of piperazine rings is 1. The lowest BCUT2D eigenvalue weighted by Crippen LogP contribution is -2.48. The predicted octanol–water partition coefficient (Wildman–Crippen LogP) is 3.09. The molecular weight excluding hydrogens is 408 g/mol. The highest BCUT2D eigenvalue weighted by molar-refractivity contribution is 5.91. The van der Waals surface area contributed by atoms with Crippen LogP contribution in [0, 0.1) is 6.92 Å². The van der Waals surface area contributed by atoms with Crippen LogP contribution in [0.15, 0.2) is 39.4 Å². The van der Waals surface area contributed by atoms with Gasteiger partial charge in [0.15, 0.2) is 0 Å². The third-order valence-electron chi connectivity index (χ3n) is 5.51. The molecule has 2 aromatic heterocycles. The van der Waals surface area contributed by atoms with Crippen molar-refractivity contribution in [2.24, 2.45) is 0 Å². The van der Waals surface area contributed by atoms with Crippen LogP contribution in [-0.2, 0) is 16.8 Å². The third-order valence-corrected chi connectivity index (χ3v) is 5.51. The number of nitrogens with one attached hydrogen (secondary N) is 1. The fourth-order valence-corrected chi connectivity index (χ4v) is 3.50. The van der Waals surface area contributed by atoms with Gasteiger partial charge in [-0.25, -0.2) is 0 Å². The summed E-state index contributed by atoms with van der Waals surface area (Å²) in [7, 11) is 0. The molecular formula is C23H30N6O3. The molecule has 0 radical (unpaired) electrons. The quantitative estimate of drug-likeness (QED) is 0.627. The fraction of sp³-hybridized carbons (Fsp3) is 0.478. The molecule has 0 unspecified atom stereocenters. The normalized spacial score (nSPS) is 15.8. The predicted molar refractivity (Wildman–Crippen MR) is 120 cm³/mol. The lowest BCUT2D eigenvalue weighted by atomic mass is 9.92. The zero-order chi connectivity index (χ0) is 22.7. The molecule has 9 heteroatoms. The number of carbonyl (C=O) groups is 1. The summed E-state index contributed by atoms with van der Waals surface area (Å²) in [5.74, 6) is 1.50. The second-order valence-electron chi connectivity index (χ2n) is 9.30. The molecule has 0 aliphatic carbocycles. The smallest absolute Gasteiger partial charge is 0.241 e. The van der Waals surface area contributed by atoms with E-state index in [0.29, 0.717) is 30.7 Å². The zero-order valence-corrected chi connectivity index (χ0v) is 19.1. The Morgan fingerprint density at radius 1 is 1.03 bits per heavy atom. The van der Waals surface area contributed by atoms with Crippen LogP contribution in [0.1, 0.15) is 37.9 Å². The summed E-state index contributed by atoms with van der Waals surface area (Å²) in [6, 6.07) is 9.84. The van der Waals surface area contributed by atoms with Gasteiger partial charge in [0, 0.05) is 43.2 Å². The van der Waals surface area contributed by atoms with Gasteiger partial charge in [0.2, 0.25) is 23.5 Å². The molecule has 1 aliphatic rings. The lowest BCUT2D eigenvalue weighted by Gasteiger charge is -2.33. The summed E-state index contributed by atoms with van der Waals surface area (Å²) >= 11 is 0. The van der Waals surface area contributed by atoms with Crippen LogP contribution in [0.25, 0.3) is 11.4 Å². The van der Waals surface area contributed by atoms with Crippen LogP contribution in [0.5, 0.6) is 0 Å². The van der Waals surface area contributed by atoms with Crippen LogP contribution in [0.3, 0.4) is 0 Å². The molecule has 32 heavy (non-hydrogen) atoms. The maximum atomic E-state index is 12.4. The molecule has 1 amide bonds. The van der Waals surface area contributed by atoms with E-state index in [1.807, 2.05) is 52.0 Å². The second kappa shape index (κ2) is 9.22. The average molecular weight is 439 g/mol. The number of carbonyl (C=O) groups excluding carboxylic acids is 1. The van der Waals surface area contributed by atoms with Gasteiger partial charge in [0.05, 0.1) is 18.8 Å². The number of benzene rings is 1. The van der Waals surface area contributed by atoms with Gasteiger partial charge in [0.1, 0.15) is 0 Å². The molecule has 1 aliphatic heterocycles. The van der Waals surface area contributed by atoms with Crippen LogP contribution < -0.4 is 5.32 Å². The largest absolute Gasteiger partial charge is 0.338 e. The fourth-order valence-electron chi connectivity index (χ4n) is 3.50. The van der Waals surface area contributed by atoms with Crippen molar-refractivity contribution in [3.8, 4) is 11.4 Å². The van der Waals surface area contributed by atoms with Crippen LogP contribution >= 0.6 is 0 Å². The van der Waals surface area contributed by atoms with Crippen molar-refractivity contribution in [1.29, 1.82) is 0 Å². The summed E-state index contributed by atoms with van der Waals surface area (Å²) in [5.41, 5.74) is 2.83. The standard InChI is InChI=1S/C23H30N6O3/c1-16-5-7-17(8-6-16)22-25-21(32-27-22)15-29-11-9-28(10-12-29)14-19(30)24-20-13-18(26-31-20)23(2,3)4/h5-8,13H,9-12,14-15H2,1-4H3,(H,24,30). The highest BCUT2D eigenvalue weighted by Gasteiger charge is 2.23. The van der Waals surface area contributed by atoms with Gasteiger partial charge < -0.3 is 9.05 Å². The molecule has 0 bridgehead atoms. The van der Waals surface area contributed by atoms with Gasteiger partial charge in [-0.3, -0.25) is 19.9 Å². The first-order chi connectivity index (χ1) is 15.3. The minimum absolute atomic E-state index is 0.102. The van der Waals surface area contributed by atoms with Crippen molar-refractivity contribution in [3.63, 3.8) is 0 Å². The number of aryl methyl sites for hydroxylation is 1. The van der Waals surface area contributed by atoms with E-state index in [1.165, 1.54) is 5.56 Å². The molecule has 170 valence electrons. The van der Waals surface area contributed by atoms with E-state index in [2.05, 4.69) is 30.4 Å². The number of hydrogen-bond donors (Lipinski definition) is 1. The summed E-state index contributed by atoms with van der Waals surface area (Å²) in [4.78, 5) is 21.3. The molecule has 0 saturated carbocycles. The minimum Gasteiger partial charge on any atom is -0.338 e. The summed E-state index contributed by atoms with van der Waals surface area (Å²) in [6.45, 7) is 12.3. The Morgan fingerprint density at radius 2 is 1.72 bits per heavy atom. The first kappa shape index (κ1) is 22.2. The first-order valence-corrected chi connectivity index (χ1v) is 10.9. The van der Waals surface area contributed by atoms with E-state index in [9.17, 15) is 4.79 Å². The van der Waals surface area contributed by atoms with E-state index in [0.717, 1.165) is 37.4 Å². The SMILES string of the molecule is Cc1ccc(-c2noc(CN3CCN(CC(=O)Nc4cc(C(C)(C)C)no4)CC3)n2)cc1. The molecule has 1 saturated heterocycles. The molecule has 0 spiro atoms. The Bertz CT molecular complexity index is 1040. The molecule has 4 rings (SSSR count). The van der Waals surface area contributed by atoms with Crippen LogP contribution in [0.4, 0.5) is 5.88 Å². The summed E-state index contributed by atoms with van der Waals surface area (Å²) < 4.78 is 10.7. The van der Waals surface area contributed by atoms with E-state index in [-0.39, 0.29) is 11.3 Å². The average Bonchev–Trinajstić information content (AvgIpc) is 3.40. The molecule has 0 atom stereocenters. The highest BCUT2D eigenvalue weighted by atomic mass is 16.5. The van der Waals surface area contributed by atoms with Gasteiger partial charge in [-0.1, -0.05) is 60.9 Å². The minimum atomic E-state index is -0.123. The molecule has 3 heterocycles. The Labute approximate surface area is 187 Å². The van der Waals surface area contributed by atoms with E-state index < -0.39 is 0 Å². The van der Waals surface area contributed by atoms with Crippen molar-refractivity contribution in [2.45, 2.75) is 39.7 Å². The number of rotatable bonds is 6. The van der Waals surface area contributed by atoms with Crippen LogP contribution in [0.2, 0.25) is 0 Å². The first-order valence-electron chi connectivity index (χ1n) is 10.9. The summed E-state index contributed by atoms with van der Waals surface area (Å²) in [6.07, 6.45) is 0. The Morgan fingerprint density at radius 3 is 2.38 bits per heavy atom. The maximum absolute atomic E-state index is 12.4. The second-order valence-corrected chi connectivity index (χ2v) is 9.30. The van der Waals surface area contributed by atoms with Gasteiger partial charge in [-0.15, -0.1) is 0 Å². The monoisotopic (exact) mass is 438 g/mol. The molecule has 3 aromatic rings. The molecule has 1 fully saturated rings. The van der Waals surface area contributed by atoms with Crippen molar-refractivity contribution in [3.05, 3.63) is 47.5 Å². The molecule has 1 N–H and O–H groups in total. The number of hydrogen-bond acceptors (Lipinski definition) is 8.